The van der Waals surface area contributed by atoms with Crippen molar-refractivity contribution in [2.45, 2.75) is 19.3 Å². The SMILES string of the molecule is O=CC1CCN(c2ccc(-c3cc(-c4cc5c([nH]4)CCNC5=O)ccn3)c(F)c2)CC1. The van der Waals surface area contributed by atoms with Crippen LogP contribution in [0.5, 0.6) is 0 Å². The third kappa shape index (κ3) is 3.71. The first-order valence-corrected chi connectivity index (χ1v) is 10.6. The Balaban J connectivity index is 1.41. The summed E-state index contributed by atoms with van der Waals surface area (Å²) in [5, 5.41) is 2.84. The van der Waals surface area contributed by atoms with E-state index in [9.17, 15) is 9.59 Å². The molecule has 2 aromatic heterocycles. The van der Waals surface area contributed by atoms with Crippen LogP contribution in [0, 0.1) is 11.7 Å². The minimum atomic E-state index is -0.329. The molecule has 1 aromatic carbocycles. The lowest BCUT2D eigenvalue weighted by molar-refractivity contribution is -0.111. The number of benzene rings is 1. The number of nitrogens with one attached hydrogen (secondary N) is 2. The Morgan fingerprint density at radius 3 is 2.68 bits per heavy atom. The van der Waals surface area contributed by atoms with E-state index in [4.69, 9.17) is 0 Å². The second kappa shape index (κ2) is 7.98. The molecule has 158 valence electrons. The van der Waals surface area contributed by atoms with Gasteiger partial charge in [0.1, 0.15) is 12.1 Å². The van der Waals surface area contributed by atoms with Crippen molar-refractivity contribution in [2.24, 2.45) is 5.92 Å². The average molecular weight is 418 g/mol. The maximum atomic E-state index is 15.0. The van der Waals surface area contributed by atoms with Gasteiger partial charge in [0.25, 0.3) is 5.91 Å². The van der Waals surface area contributed by atoms with Gasteiger partial charge in [-0.2, -0.15) is 0 Å². The van der Waals surface area contributed by atoms with Gasteiger partial charge in [0, 0.05) is 66.4 Å². The summed E-state index contributed by atoms with van der Waals surface area (Å²) in [6.45, 7) is 2.12. The molecule has 1 fully saturated rings. The lowest BCUT2D eigenvalue weighted by Crippen LogP contribution is -2.34. The Morgan fingerprint density at radius 1 is 1.10 bits per heavy atom. The standard InChI is InChI=1S/C24H23FN4O2/c25-20-12-17(29-9-5-15(14-30)6-10-29)1-2-18(20)23-11-16(3-7-26-23)22-13-19-21(28-22)4-8-27-24(19)31/h1-3,7,11-15,28H,4-6,8-10H2,(H,27,31). The molecule has 2 N–H and O–H groups in total. The number of nitrogens with zero attached hydrogens (tertiary/aromatic N) is 2. The summed E-state index contributed by atoms with van der Waals surface area (Å²) in [6, 6.07) is 10.7. The highest BCUT2D eigenvalue weighted by molar-refractivity contribution is 5.97. The minimum absolute atomic E-state index is 0.0724. The molecule has 7 heteroatoms. The number of aromatic amines is 1. The van der Waals surface area contributed by atoms with Crippen LogP contribution in [0.4, 0.5) is 10.1 Å². The van der Waals surface area contributed by atoms with Crippen LogP contribution in [0.3, 0.4) is 0 Å². The van der Waals surface area contributed by atoms with Crippen molar-refractivity contribution in [3.8, 4) is 22.5 Å². The van der Waals surface area contributed by atoms with Crippen molar-refractivity contribution < 1.29 is 14.0 Å². The van der Waals surface area contributed by atoms with E-state index in [-0.39, 0.29) is 17.6 Å². The predicted octanol–water partition coefficient (Wildman–Crippen LogP) is 3.58. The van der Waals surface area contributed by atoms with Crippen molar-refractivity contribution in [2.75, 3.05) is 24.5 Å². The first-order valence-electron chi connectivity index (χ1n) is 10.6. The van der Waals surface area contributed by atoms with Crippen LogP contribution in [-0.4, -0.2) is 41.8 Å². The number of anilines is 1. The number of fused-ring (bicyclic) bond motifs is 1. The third-order valence-corrected chi connectivity index (χ3v) is 6.20. The molecule has 0 radical (unpaired) electrons. The van der Waals surface area contributed by atoms with Gasteiger partial charge in [-0.05, 0) is 49.2 Å². The maximum absolute atomic E-state index is 15.0. The zero-order valence-corrected chi connectivity index (χ0v) is 17.0. The van der Waals surface area contributed by atoms with Crippen molar-refractivity contribution in [3.63, 3.8) is 0 Å². The Bertz CT molecular complexity index is 1150. The molecule has 1 saturated heterocycles. The van der Waals surface area contributed by atoms with Crippen molar-refractivity contribution in [3.05, 3.63) is 59.7 Å². The maximum Gasteiger partial charge on any atom is 0.253 e. The lowest BCUT2D eigenvalue weighted by Gasteiger charge is -2.31. The molecule has 0 unspecified atom stereocenters. The van der Waals surface area contributed by atoms with Gasteiger partial charge >= 0.3 is 0 Å². The number of hydrogen-bond acceptors (Lipinski definition) is 4. The number of halogens is 1. The topological polar surface area (TPSA) is 78.1 Å². The van der Waals surface area contributed by atoms with Gasteiger partial charge in [-0.15, -0.1) is 0 Å². The van der Waals surface area contributed by atoms with Crippen LogP contribution < -0.4 is 10.2 Å². The normalized spacial score (nSPS) is 16.7. The fraction of sp³-hybridized carbons (Fsp3) is 0.292. The Labute approximate surface area is 179 Å². The number of piperidine rings is 1. The number of hydrogen-bond donors (Lipinski definition) is 2. The number of pyridine rings is 1. The fourth-order valence-electron chi connectivity index (χ4n) is 4.40. The quantitative estimate of drug-likeness (QED) is 0.635. The van der Waals surface area contributed by atoms with Gasteiger partial charge < -0.3 is 20.0 Å². The van der Waals surface area contributed by atoms with E-state index in [1.54, 1.807) is 18.3 Å². The Morgan fingerprint density at radius 2 is 1.94 bits per heavy atom. The van der Waals surface area contributed by atoms with Crippen LogP contribution in [-0.2, 0) is 11.2 Å². The Kier molecular flexibility index (Phi) is 5.02. The van der Waals surface area contributed by atoms with Gasteiger partial charge in [0.05, 0.1) is 11.3 Å². The van der Waals surface area contributed by atoms with Gasteiger partial charge in [-0.1, -0.05) is 0 Å². The van der Waals surface area contributed by atoms with E-state index in [2.05, 4.69) is 20.2 Å². The van der Waals surface area contributed by atoms with Crippen LogP contribution in [0.15, 0.2) is 42.6 Å². The monoisotopic (exact) mass is 418 g/mol. The zero-order valence-electron chi connectivity index (χ0n) is 17.0. The van der Waals surface area contributed by atoms with Crippen molar-refractivity contribution in [1.82, 2.24) is 15.3 Å². The van der Waals surface area contributed by atoms with Gasteiger partial charge in [-0.3, -0.25) is 9.78 Å². The summed E-state index contributed by atoms with van der Waals surface area (Å²) in [5.74, 6) is -0.293. The van der Waals surface area contributed by atoms with E-state index in [0.717, 1.165) is 61.3 Å². The number of H-pyrrole nitrogens is 1. The van der Waals surface area contributed by atoms with Crippen molar-refractivity contribution >= 4 is 17.9 Å². The lowest BCUT2D eigenvalue weighted by atomic mass is 9.98. The van der Waals surface area contributed by atoms with Crippen LogP contribution >= 0.6 is 0 Å². The number of aromatic nitrogens is 2. The van der Waals surface area contributed by atoms with E-state index in [0.29, 0.717) is 23.4 Å². The molecule has 0 aliphatic carbocycles. The second-order valence-electron chi connectivity index (χ2n) is 8.14. The summed E-state index contributed by atoms with van der Waals surface area (Å²) < 4.78 is 15.0. The summed E-state index contributed by atoms with van der Waals surface area (Å²) >= 11 is 0. The van der Waals surface area contributed by atoms with E-state index >= 15 is 4.39 Å². The highest BCUT2D eigenvalue weighted by atomic mass is 19.1. The highest BCUT2D eigenvalue weighted by Gasteiger charge is 2.21. The molecular weight excluding hydrogens is 395 g/mol. The summed E-state index contributed by atoms with van der Waals surface area (Å²) in [6.07, 6.45) is 5.04. The molecule has 2 aliphatic heterocycles. The largest absolute Gasteiger partial charge is 0.371 e. The second-order valence-corrected chi connectivity index (χ2v) is 8.14. The number of aldehydes is 1. The minimum Gasteiger partial charge on any atom is -0.371 e. The molecule has 2 aliphatic rings. The van der Waals surface area contributed by atoms with Gasteiger partial charge in [0.15, 0.2) is 0 Å². The molecule has 1 amide bonds. The molecule has 5 rings (SSSR count). The fourth-order valence-corrected chi connectivity index (χ4v) is 4.40. The summed E-state index contributed by atoms with van der Waals surface area (Å²) in [4.78, 5) is 32.8. The number of rotatable bonds is 4. The molecule has 31 heavy (non-hydrogen) atoms. The molecule has 0 atom stereocenters. The molecule has 3 aromatic rings. The van der Waals surface area contributed by atoms with Crippen molar-refractivity contribution in [1.29, 1.82) is 0 Å². The molecule has 0 saturated carbocycles. The molecule has 6 nitrogen and oxygen atoms in total. The first-order chi connectivity index (χ1) is 15.1. The van der Waals surface area contributed by atoms with E-state index in [1.165, 1.54) is 0 Å². The molecule has 0 spiro atoms. The van der Waals surface area contributed by atoms with Gasteiger partial charge in [0.2, 0.25) is 0 Å². The van der Waals surface area contributed by atoms with E-state index in [1.807, 2.05) is 24.3 Å². The first kappa shape index (κ1) is 19.5. The number of carbonyl (C=O) groups is 2. The third-order valence-electron chi connectivity index (χ3n) is 6.20. The van der Waals surface area contributed by atoms with Crippen LogP contribution in [0.25, 0.3) is 22.5 Å². The number of carbonyl (C=O) groups excluding carboxylic acids is 2. The zero-order chi connectivity index (χ0) is 21.4. The average Bonchev–Trinajstić information content (AvgIpc) is 3.25. The molecule has 4 heterocycles. The predicted molar refractivity (Wildman–Crippen MR) is 116 cm³/mol. The van der Waals surface area contributed by atoms with Gasteiger partial charge in [-0.25, -0.2) is 4.39 Å². The summed E-state index contributed by atoms with van der Waals surface area (Å²) in [7, 11) is 0. The number of amides is 1. The molecule has 0 bridgehead atoms. The highest BCUT2D eigenvalue weighted by Crippen LogP contribution is 2.31. The van der Waals surface area contributed by atoms with Crippen LogP contribution in [0.2, 0.25) is 0 Å². The van der Waals surface area contributed by atoms with E-state index < -0.39 is 0 Å². The smallest absolute Gasteiger partial charge is 0.253 e. The molecular formula is C24H23FN4O2. The Hall–Kier alpha value is -3.48. The van der Waals surface area contributed by atoms with Crippen LogP contribution in [0.1, 0.15) is 28.9 Å². The summed E-state index contributed by atoms with van der Waals surface area (Å²) in [5.41, 5.74) is 5.05.